The lowest BCUT2D eigenvalue weighted by molar-refractivity contribution is 0.205. The number of rotatable bonds is 0. The van der Waals surface area contributed by atoms with E-state index in [2.05, 4.69) is 10.6 Å². The molecule has 1 fully saturated rings. The molecular weight excluding hydrogens is 249 g/mol. The number of nitrogen functional groups attached to an aromatic ring is 1. The van der Waals surface area contributed by atoms with E-state index in [1.165, 1.54) is 0 Å². The van der Waals surface area contributed by atoms with Crippen LogP contribution in [-0.4, -0.2) is 11.1 Å². The highest BCUT2D eigenvalue weighted by Crippen LogP contribution is 2.49. The van der Waals surface area contributed by atoms with Crippen molar-refractivity contribution in [3.8, 4) is 5.75 Å². The highest BCUT2D eigenvalue weighted by atomic mass is 19.1. The van der Waals surface area contributed by atoms with Gasteiger partial charge in [0.05, 0.1) is 16.9 Å². The van der Waals surface area contributed by atoms with Crippen LogP contribution in [0.15, 0.2) is 6.07 Å². The standard InChI is InChI=1S/C13H16FN3O2/c14-7-6-8(15)11(18)9-10(7)16-12(19)17-13(9)4-2-1-3-5-13/h6,18H,1-5,15H2,(H2,16,17,19). The van der Waals surface area contributed by atoms with Crippen molar-refractivity contribution in [2.45, 2.75) is 37.6 Å². The number of anilines is 2. The van der Waals surface area contributed by atoms with Gasteiger partial charge < -0.3 is 21.5 Å². The van der Waals surface area contributed by atoms with Crippen molar-refractivity contribution in [1.82, 2.24) is 5.32 Å². The highest BCUT2D eigenvalue weighted by Gasteiger charge is 2.44. The van der Waals surface area contributed by atoms with Crippen molar-refractivity contribution < 1.29 is 14.3 Å². The molecule has 0 saturated heterocycles. The van der Waals surface area contributed by atoms with Gasteiger partial charge in [0.1, 0.15) is 11.6 Å². The summed E-state index contributed by atoms with van der Waals surface area (Å²) in [5.74, 6) is -0.740. The van der Waals surface area contributed by atoms with Gasteiger partial charge in [-0.1, -0.05) is 19.3 Å². The minimum absolute atomic E-state index is 0.000789. The van der Waals surface area contributed by atoms with Gasteiger partial charge in [0.2, 0.25) is 0 Å². The molecule has 2 aliphatic rings. The molecule has 1 aliphatic heterocycles. The van der Waals surface area contributed by atoms with Gasteiger partial charge in [-0.25, -0.2) is 9.18 Å². The molecule has 0 bridgehead atoms. The van der Waals surface area contributed by atoms with Crippen molar-refractivity contribution in [3.63, 3.8) is 0 Å². The summed E-state index contributed by atoms with van der Waals surface area (Å²) < 4.78 is 14.0. The average molecular weight is 265 g/mol. The van der Waals surface area contributed by atoms with Crippen molar-refractivity contribution in [2.24, 2.45) is 0 Å². The molecule has 3 rings (SSSR count). The second-order valence-electron chi connectivity index (χ2n) is 5.27. The van der Waals surface area contributed by atoms with Gasteiger partial charge in [-0.15, -0.1) is 0 Å². The quantitative estimate of drug-likeness (QED) is 0.429. The summed E-state index contributed by atoms with van der Waals surface area (Å²) in [7, 11) is 0. The lowest BCUT2D eigenvalue weighted by atomic mass is 9.74. The molecule has 1 aromatic rings. The van der Waals surface area contributed by atoms with Crippen molar-refractivity contribution in [1.29, 1.82) is 0 Å². The highest BCUT2D eigenvalue weighted by molar-refractivity contribution is 5.95. The third-order valence-corrected chi connectivity index (χ3v) is 4.06. The minimum atomic E-state index is -0.698. The van der Waals surface area contributed by atoms with Crippen LogP contribution in [0.3, 0.4) is 0 Å². The van der Waals surface area contributed by atoms with Gasteiger partial charge in [0.15, 0.2) is 0 Å². The maximum Gasteiger partial charge on any atom is 0.320 e. The maximum absolute atomic E-state index is 14.0. The largest absolute Gasteiger partial charge is 0.505 e. The number of hydrogen-bond acceptors (Lipinski definition) is 3. The Morgan fingerprint density at radius 1 is 1.32 bits per heavy atom. The summed E-state index contributed by atoms with van der Waals surface area (Å²) in [6.07, 6.45) is 4.30. The van der Waals surface area contributed by atoms with Crippen LogP contribution in [0.2, 0.25) is 0 Å². The monoisotopic (exact) mass is 265 g/mol. The fourth-order valence-electron chi connectivity index (χ4n) is 3.20. The van der Waals surface area contributed by atoms with Gasteiger partial charge in [-0.2, -0.15) is 0 Å². The molecule has 0 atom stereocenters. The molecule has 5 N–H and O–H groups in total. The molecule has 19 heavy (non-hydrogen) atoms. The van der Waals surface area contributed by atoms with Crippen molar-refractivity contribution >= 4 is 17.4 Å². The van der Waals surface area contributed by atoms with E-state index < -0.39 is 17.4 Å². The van der Waals surface area contributed by atoms with Gasteiger partial charge in [-0.3, -0.25) is 0 Å². The Hall–Kier alpha value is -1.98. The number of carbonyl (C=O) groups excluding carboxylic acids is 1. The predicted octanol–water partition coefficient (Wildman–Crippen LogP) is 2.41. The Morgan fingerprint density at radius 3 is 2.68 bits per heavy atom. The maximum atomic E-state index is 14.0. The van der Waals surface area contributed by atoms with Gasteiger partial charge in [0, 0.05) is 11.6 Å². The van der Waals surface area contributed by atoms with Crippen LogP contribution < -0.4 is 16.4 Å². The Kier molecular flexibility index (Phi) is 2.55. The summed E-state index contributed by atoms with van der Waals surface area (Å²) in [6.45, 7) is 0. The van der Waals surface area contributed by atoms with Crippen LogP contribution in [0, 0.1) is 5.82 Å². The summed E-state index contributed by atoms with van der Waals surface area (Å²) in [5.41, 5.74) is 5.39. The third kappa shape index (κ3) is 1.70. The summed E-state index contributed by atoms with van der Waals surface area (Å²) in [5, 5.41) is 15.5. The van der Waals surface area contributed by atoms with Crippen LogP contribution >= 0.6 is 0 Å². The van der Waals surface area contributed by atoms with Crippen LogP contribution in [0.5, 0.6) is 5.75 Å². The molecule has 1 spiro atoms. The number of nitrogens with two attached hydrogens (primary N) is 1. The van der Waals surface area contributed by atoms with Gasteiger partial charge in [-0.05, 0) is 12.8 Å². The van der Waals surface area contributed by atoms with Gasteiger partial charge in [0.25, 0.3) is 0 Å². The van der Waals surface area contributed by atoms with E-state index in [1.54, 1.807) is 0 Å². The molecule has 2 amide bonds. The molecule has 1 aromatic carbocycles. The zero-order valence-electron chi connectivity index (χ0n) is 10.4. The Labute approximate surface area is 110 Å². The second kappa shape index (κ2) is 4.01. The Bertz CT molecular complexity index is 553. The summed E-state index contributed by atoms with van der Waals surface area (Å²) in [4.78, 5) is 11.7. The van der Waals surface area contributed by atoms with E-state index in [-0.39, 0.29) is 17.1 Å². The van der Waals surface area contributed by atoms with E-state index in [9.17, 15) is 14.3 Å². The normalized spacial score (nSPS) is 20.6. The Balaban J connectivity index is 2.24. The van der Waals surface area contributed by atoms with E-state index in [0.29, 0.717) is 18.4 Å². The molecule has 0 radical (unpaired) electrons. The number of aromatic hydroxyl groups is 1. The number of phenolic OH excluding ortho intramolecular Hbond substituents is 1. The minimum Gasteiger partial charge on any atom is -0.505 e. The van der Waals surface area contributed by atoms with E-state index >= 15 is 0 Å². The molecule has 1 aliphatic carbocycles. The van der Waals surface area contributed by atoms with Gasteiger partial charge >= 0.3 is 6.03 Å². The number of amides is 2. The zero-order chi connectivity index (χ0) is 13.6. The number of nitrogens with one attached hydrogen (secondary N) is 2. The first-order valence-electron chi connectivity index (χ1n) is 6.44. The fourth-order valence-corrected chi connectivity index (χ4v) is 3.20. The first-order valence-corrected chi connectivity index (χ1v) is 6.44. The van der Waals surface area contributed by atoms with E-state index in [4.69, 9.17) is 5.73 Å². The van der Waals surface area contributed by atoms with Crippen molar-refractivity contribution in [3.05, 3.63) is 17.4 Å². The topological polar surface area (TPSA) is 87.4 Å². The molecule has 0 unspecified atom stereocenters. The molecule has 6 heteroatoms. The first-order chi connectivity index (χ1) is 9.03. The summed E-state index contributed by atoms with van der Waals surface area (Å²) >= 11 is 0. The number of hydrogen-bond donors (Lipinski definition) is 4. The van der Waals surface area contributed by atoms with Crippen LogP contribution in [0.25, 0.3) is 0 Å². The average Bonchev–Trinajstić information content (AvgIpc) is 2.36. The molecule has 102 valence electrons. The molecule has 1 saturated carbocycles. The zero-order valence-corrected chi connectivity index (χ0v) is 10.4. The van der Waals surface area contributed by atoms with E-state index in [1.807, 2.05) is 0 Å². The first kappa shape index (κ1) is 12.1. The third-order valence-electron chi connectivity index (χ3n) is 4.06. The predicted molar refractivity (Wildman–Crippen MR) is 69.4 cm³/mol. The van der Waals surface area contributed by atoms with E-state index in [0.717, 1.165) is 25.3 Å². The molecule has 1 heterocycles. The number of fused-ring (bicyclic) bond motifs is 2. The van der Waals surface area contributed by atoms with Crippen LogP contribution in [0.4, 0.5) is 20.6 Å². The lowest BCUT2D eigenvalue weighted by Gasteiger charge is -2.43. The summed E-state index contributed by atoms with van der Waals surface area (Å²) in [6, 6.07) is 0.605. The smallest absolute Gasteiger partial charge is 0.320 e. The molecule has 0 aromatic heterocycles. The molecular formula is C13H16FN3O2. The van der Waals surface area contributed by atoms with Crippen LogP contribution in [0.1, 0.15) is 37.7 Å². The lowest BCUT2D eigenvalue weighted by Crippen LogP contribution is -2.53. The number of halogens is 1. The SMILES string of the molecule is Nc1cc(F)c2c(c1O)C1(CCCCC1)NC(=O)N2. The number of benzene rings is 1. The number of carbonyl (C=O) groups is 1. The number of phenols is 1. The fraction of sp³-hybridized carbons (Fsp3) is 0.462. The molecule has 5 nitrogen and oxygen atoms in total. The van der Waals surface area contributed by atoms with Crippen molar-refractivity contribution in [2.75, 3.05) is 11.1 Å². The Morgan fingerprint density at radius 2 is 2.00 bits per heavy atom. The van der Waals surface area contributed by atoms with Crippen LogP contribution in [-0.2, 0) is 5.54 Å². The number of urea groups is 1. The second-order valence-corrected chi connectivity index (χ2v) is 5.27.